The Morgan fingerprint density at radius 2 is 1.64 bits per heavy atom. The van der Waals surface area contributed by atoms with Crippen molar-refractivity contribution in [3.63, 3.8) is 0 Å². The number of piperazine rings is 1. The minimum atomic E-state index is -0.00823. The van der Waals surface area contributed by atoms with Crippen LogP contribution in [0.2, 0.25) is 0 Å². The lowest BCUT2D eigenvalue weighted by molar-refractivity contribution is -0.133. The predicted octanol–water partition coefficient (Wildman–Crippen LogP) is 4.34. The van der Waals surface area contributed by atoms with Crippen molar-refractivity contribution in [2.24, 2.45) is 5.41 Å². The highest BCUT2D eigenvalue weighted by Crippen LogP contribution is 2.29. The molecule has 0 N–H and O–H groups in total. The highest BCUT2D eigenvalue weighted by atomic mass is 16.2. The molecule has 0 saturated carbocycles. The molecule has 1 aliphatic rings. The fourth-order valence-corrected chi connectivity index (χ4v) is 4.39. The van der Waals surface area contributed by atoms with E-state index in [0.29, 0.717) is 19.5 Å². The molecule has 5 rings (SSSR count). The molecule has 170 valence electrons. The number of carbonyl (C=O) groups is 1. The van der Waals surface area contributed by atoms with Gasteiger partial charge in [0.2, 0.25) is 11.9 Å². The number of para-hydroxylation sites is 1. The van der Waals surface area contributed by atoms with E-state index in [1.165, 1.54) is 5.56 Å². The fraction of sp³-hybridized carbons (Fsp3) is 0.385. The molecule has 0 bridgehead atoms. The summed E-state index contributed by atoms with van der Waals surface area (Å²) in [5, 5.41) is 10.1. The van der Waals surface area contributed by atoms with Crippen molar-refractivity contribution < 1.29 is 4.79 Å². The van der Waals surface area contributed by atoms with Gasteiger partial charge in [-0.1, -0.05) is 62.7 Å². The van der Waals surface area contributed by atoms with Gasteiger partial charge in [-0.3, -0.25) is 4.79 Å². The smallest absolute Gasteiger partial charge is 0.223 e. The van der Waals surface area contributed by atoms with Gasteiger partial charge in [-0.2, -0.15) is 0 Å². The number of rotatable bonds is 3. The molecule has 1 amide bonds. The van der Waals surface area contributed by atoms with Crippen LogP contribution in [0, 0.1) is 12.3 Å². The summed E-state index contributed by atoms with van der Waals surface area (Å²) in [6, 6.07) is 16.4. The van der Waals surface area contributed by atoms with Crippen LogP contribution >= 0.6 is 0 Å². The molecule has 2 aromatic carbocycles. The Kier molecular flexibility index (Phi) is 5.27. The van der Waals surface area contributed by atoms with Crippen molar-refractivity contribution in [1.29, 1.82) is 0 Å². The van der Waals surface area contributed by atoms with E-state index in [-0.39, 0.29) is 11.3 Å². The van der Waals surface area contributed by atoms with Gasteiger partial charge >= 0.3 is 0 Å². The SMILES string of the molecule is Cc1ccc(-c2nnc3c4ccccc4nc(N4CCN(C(=O)CC(C)(C)C)CC4)n23)cc1. The van der Waals surface area contributed by atoms with Crippen LogP contribution in [-0.4, -0.2) is 56.6 Å². The zero-order valence-electron chi connectivity index (χ0n) is 19.7. The fourth-order valence-electron chi connectivity index (χ4n) is 4.39. The molecular formula is C26H30N6O. The van der Waals surface area contributed by atoms with Crippen LogP contribution in [0.4, 0.5) is 5.95 Å². The standard InChI is InChI=1S/C26H30N6O/c1-18-9-11-19(12-10-18)23-28-29-24-20-7-5-6-8-21(20)27-25(32(23)24)31-15-13-30(14-16-31)22(33)17-26(2,3)4/h5-12H,13-17H2,1-4H3. The first-order valence-electron chi connectivity index (χ1n) is 11.5. The Balaban J connectivity index is 1.54. The normalized spacial score (nSPS) is 14.9. The van der Waals surface area contributed by atoms with Crippen LogP contribution in [-0.2, 0) is 4.79 Å². The second-order valence-corrected chi connectivity index (χ2v) is 10.1. The Hall–Kier alpha value is -3.48. The van der Waals surface area contributed by atoms with E-state index in [9.17, 15) is 4.79 Å². The van der Waals surface area contributed by atoms with E-state index < -0.39 is 0 Å². The minimum Gasteiger partial charge on any atom is -0.339 e. The zero-order valence-corrected chi connectivity index (χ0v) is 19.7. The number of nitrogens with zero attached hydrogens (tertiary/aromatic N) is 6. The molecule has 0 unspecified atom stereocenters. The van der Waals surface area contributed by atoms with E-state index in [2.05, 4.69) is 71.5 Å². The third-order valence-corrected chi connectivity index (χ3v) is 6.13. The number of aryl methyl sites for hydroxylation is 1. The monoisotopic (exact) mass is 442 g/mol. The lowest BCUT2D eigenvalue weighted by atomic mass is 9.91. The van der Waals surface area contributed by atoms with Gasteiger partial charge in [-0.05, 0) is 24.5 Å². The lowest BCUT2D eigenvalue weighted by Crippen LogP contribution is -2.50. The van der Waals surface area contributed by atoms with E-state index >= 15 is 0 Å². The van der Waals surface area contributed by atoms with Crippen LogP contribution < -0.4 is 4.90 Å². The van der Waals surface area contributed by atoms with Gasteiger partial charge < -0.3 is 9.80 Å². The quantitative estimate of drug-likeness (QED) is 0.472. The third-order valence-electron chi connectivity index (χ3n) is 6.13. The molecular weight excluding hydrogens is 412 g/mol. The maximum absolute atomic E-state index is 12.7. The van der Waals surface area contributed by atoms with Crippen molar-refractivity contribution >= 4 is 28.4 Å². The molecule has 0 spiro atoms. The summed E-state index contributed by atoms with van der Waals surface area (Å²) in [5.74, 6) is 1.83. The summed E-state index contributed by atoms with van der Waals surface area (Å²) in [4.78, 5) is 22.0. The summed E-state index contributed by atoms with van der Waals surface area (Å²) in [7, 11) is 0. The largest absolute Gasteiger partial charge is 0.339 e. The van der Waals surface area contributed by atoms with Gasteiger partial charge in [0.25, 0.3) is 0 Å². The Bertz CT molecular complexity index is 1310. The molecule has 1 saturated heterocycles. The van der Waals surface area contributed by atoms with E-state index in [1.54, 1.807) is 0 Å². The zero-order chi connectivity index (χ0) is 23.2. The molecule has 0 aliphatic carbocycles. The van der Waals surface area contributed by atoms with Gasteiger partial charge in [0.15, 0.2) is 11.5 Å². The van der Waals surface area contributed by atoms with Crippen molar-refractivity contribution in [3.05, 3.63) is 54.1 Å². The summed E-state index contributed by atoms with van der Waals surface area (Å²) < 4.78 is 2.07. The van der Waals surface area contributed by atoms with E-state index in [0.717, 1.165) is 47.0 Å². The summed E-state index contributed by atoms with van der Waals surface area (Å²) in [6.07, 6.45) is 0.564. The number of amides is 1. The summed E-state index contributed by atoms with van der Waals surface area (Å²) in [6.45, 7) is 11.2. The summed E-state index contributed by atoms with van der Waals surface area (Å²) >= 11 is 0. The Labute approximate surface area is 194 Å². The number of benzene rings is 2. The van der Waals surface area contributed by atoms with Gasteiger partial charge in [0.1, 0.15) is 0 Å². The van der Waals surface area contributed by atoms with Crippen LogP contribution in [0.3, 0.4) is 0 Å². The molecule has 1 fully saturated rings. The Morgan fingerprint density at radius 1 is 0.939 bits per heavy atom. The van der Waals surface area contributed by atoms with E-state index in [1.807, 2.05) is 29.2 Å². The maximum Gasteiger partial charge on any atom is 0.223 e. The molecule has 7 heteroatoms. The molecule has 2 aromatic heterocycles. The van der Waals surface area contributed by atoms with Gasteiger partial charge in [0, 0.05) is 43.5 Å². The summed E-state index contributed by atoms with van der Waals surface area (Å²) in [5.41, 5.74) is 3.90. The molecule has 7 nitrogen and oxygen atoms in total. The number of anilines is 1. The number of hydrogen-bond acceptors (Lipinski definition) is 5. The number of aromatic nitrogens is 4. The molecule has 0 radical (unpaired) electrons. The lowest BCUT2D eigenvalue weighted by Gasteiger charge is -2.36. The first kappa shape index (κ1) is 21.4. The van der Waals surface area contributed by atoms with Crippen LogP contribution in [0.25, 0.3) is 27.9 Å². The first-order valence-corrected chi connectivity index (χ1v) is 11.5. The highest BCUT2D eigenvalue weighted by molar-refractivity contribution is 5.93. The van der Waals surface area contributed by atoms with Crippen LogP contribution in [0.1, 0.15) is 32.8 Å². The number of fused-ring (bicyclic) bond motifs is 3. The Morgan fingerprint density at radius 3 is 2.33 bits per heavy atom. The van der Waals surface area contributed by atoms with Crippen molar-refractivity contribution in [2.45, 2.75) is 34.1 Å². The average Bonchev–Trinajstić information content (AvgIpc) is 3.23. The van der Waals surface area contributed by atoms with E-state index in [4.69, 9.17) is 4.98 Å². The molecule has 0 atom stereocenters. The van der Waals surface area contributed by atoms with Gasteiger partial charge in [-0.15, -0.1) is 10.2 Å². The van der Waals surface area contributed by atoms with Crippen LogP contribution in [0.15, 0.2) is 48.5 Å². The topological polar surface area (TPSA) is 66.6 Å². The average molecular weight is 443 g/mol. The second kappa shape index (κ2) is 8.14. The second-order valence-electron chi connectivity index (χ2n) is 10.1. The molecule has 1 aliphatic heterocycles. The number of hydrogen-bond donors (Lipinski definition) is 0. The maximum atomic E-state index is 12.7. The van der Waals surface area contributed by atoms with Gasteiger partial charge in [0.05, 0.1) is 5.52 Å². The van der Waals surface area contributed by atoms with Gasteiger partial charge in [-0.25, -0.2) is 9.38 Å². The molecule has 4 aromatic rings. The third kappa shape index (κ3) is 4.15. The minimum absolute atomic E-state index is 0.00823. The highest BCUT2D eigenvalue weighted by Gasteiger charge is 2.27. The number of carbonyl (C=O) groups excluding carboxylic acids is 1. The molecule has 33 heavy (non-hydrogen) atoms. The predicted molar refractivity (Wildman–Crippen MR) is 131 cm³/mol. The van der Waals surface area contributed by atoms with Crippen molar-refractivity contribution in [3.8, 4) is 11.4 Å². The van der Waals surface area contributed by atoms with Crippen molar-refractivity contribution in [1.82, 2.24) is 24.5 Å². The van der Waals surface area contributed by atoms with Crippen LogP contribution in [0.5, 0.6) is 0 Å². The molecule has 3 heterocycles. The first-order chi connectivity index (χ1) is 15.8. The van der Waals surface area contributed by atoms with Crippen molar-refractivity contribution in [2.75, 3.05) is 31.1 Å².